The number of hydrogen-bond donors (Lipinski definition) is 1. The highest BCUT2D eigenvalue weighted by atomic mass is 35.5. The number of halogens is 1. The lowest BCUT2D eigenvalue weighted by molar-refractivity contribution is 0.208. The summed E-state index contributed by atoms with van der Waals surface area (Å²) < 4.78 is 0. The zero-order valence-corrected chi connectivity index (χ0v) is 11.0. The Bertz CT molecular complexity index is 404. The van der Waals surface area contributed by atoms with Gasteiger partial charge in [-0.3, -0.25) is 0 Å². The predicted molar refractivity (Wildman–Crippen MR) is 75.7 cm³/mol. The molecule has 0 heterocycles. The Morgan fingerprint density at radius 3 is 2.28 bits per heavy atom. The molecule has 0 saturated heterocycles. The van der Waals surface area contributed by atoms with Crippen molar-refractivity contribution >= 4 is 17.6 Å². The van der Waals surface area contributed by atoms with Crippen LogP contribution < -0.4 is 5.32 Å². The Morgan fingerprint density at radius 2 is 1.78 bits per heavy atom. The maximum Gasteiger partial charge on any atom is 0.318 e. The molecule has 0 unspecified atom stereocenters. The minimum atomic E-state index is -0.134. The van der Waals surface area contributed by atoms with Crippen molar-refractivity contribution in [2.24, 2.45) is 0 Å². The van der Waals surface area contributed by atoms with E-state index in [0.717, 1.165) is 5.56 Å². The van der Waals surface area contributed by atoms with Crippen molar-refractivity contribution in [2.45, 2.75) is 6.54 Å². The molecule has 0 atom stereocenters. The summed E-state index contributed by atoms with van der Waals surface area (Å²) in [6.45, 7) is 8.71. The molecule has 1 aromatic carbocycles. The van der Waals surface area contributed by atoms with Crippen molar-refractivity contribution in [3.05, 3.63) is 60.2 Å². The van der Waals surface area contributed by atoms with Crippen LogP contribution in [0.5, 0.6) is 0 Å². The van der Waals surface area contributed by atoms with Crippen LogP contribution in [0.15, 0.2) is 49.6 Å². The SMILES string of the molecule is C=CCN(CC=C)C(=O)NCc1ccc(Cl)cc1. The second kappa shape index (κ2) is 7.56. The number of nitrogens with zero attached hydrogens (tertiary/aromatic N) is 1. The number of carbonyl (C=O) groups excluding carboxylic acids is 1. The highest BCUT2D eigenvalue weighted by Gasteiger charge is 2.09. The van der Waals surface area contributed by atoms with Crippen LogP contribution in [0.2, 0.25) is 5.02 Å². The van der Waals surface area contributed by atoms with Crippen LogP contribution in [-0.2, 0) is 6.54 Å². The molecule has 18 heavy (non-hydrogen) atoms. The third-order valence-electron chi connectivity index (χ3n) is 2.34. The molecule has 4 heteroatoms. The lowest BCUT2D eigenvalue weighted by Gasteiger charge is -2.19. The van der Waals surface area contributed by atoms with Crippen LogP contribution in [0.1, 0.15) is 5.56 Å². The van der Waals surface area contributed by atoms with Gasteiger partial charge in [-0.1, -0.05) is 35.9 Å². The van der Waals surface area contributed by atoms with Gasteiger partial charge in [-0.15, -0.1) is 13.2 Å². The van der Waals surface area contributed by atoms with Crippen LogP contribution >= 0.6 is 11.6 Å². The van der Waals surface area contributed by atoms with E-state index in [4.69, 9.17) is 11.6 Å². The molecular weight excluding hydrogens is 248 g/mol. The fourth-order valence-electron chi connectivity index (χ4n) is 1.44. The van der Waals surface area contributed by atoms with E-state index in [1.165, 1.54) is 0 Å². The average molecular weight is 265 g/mol. The van der Waals surface area contributed by atoms with E-state index in [1.807, 2.05) is 12.1 Å². The fourth-order valence-corrected chi connectivity index (χ4v) is 1.57. The Balaban J connectivity index is 2.50. The summed E-state index contributed by atoms with van der Waals surface area (Å²) in [5.41, 5.74) is 1.00. The van der Waals surface area contributed by atoms with Crippen molar-refractivity contribution in [3.63, 3.8) is 0 Å². The Kier molecular flexibility index (Phi) is 6.01. The van der Waals surface area contributed by atoms with Gasteiger partial charge in [0.15, 0.2) is 0 Å². The molecule has 0 aromatic heterocycles. The molecule has 3 nitrogen and oxygen atoms in total. The second-order valence-corrected chi connectivity index (χ2v) is 4.20. The zero-order valence-electron chi connectivity index (χ0n) is 10.2. The summed E-state index contributed by atoms with van der Waals surface area (Å²) in [5.74, 6) is 0. The van der Waals surface area contributed by atoms with Crippen molar-refractivity contribution < 1.29 is 4.79 Å². The lowest BCUT2D eigenvalue weighted by atomic mass is 10.2. The van der Waals surface area contributed by atoms with Gasteiger partial charge in [-0.25, -0.2) is 4.79 Å². The minimum Gasteiger partial charge on any atom is -0.334 e. The molecule has 96 valence electrons. The molecular formula is C14H17ClN2O. The third kappa shape index (κ3) is 4.63. The topological polar surface area (TPSA) is 32.3 Å². The molecule has 1 N–H and O–H groups in total. The highest BCUT2D eigenvalue weighted by molar-refractivity contribution is 6.30. The zero-order chi connectivity index (χ0) is 13.4. The maximum atomic E-state index is 11.9. The molecule has 0 bridgehead atoms. The van der Waals surface area contributed by atoms with Gasteiger partial charge in [0.05, 0.1) is 0 Å². The van der Waals surface area contributed by atoms with E-state index in [-0.39, 0.29) is 6.03 Å². The fraction of sp³-hybridized carbons (Fsp3) is 0.214. The molecule has 0 radical (unpaired) electrons. The Morgan fingerprint density at radius 1 is 1.22 bits per heavy atom. The van der Waals surface area contributed by atoms with E-state index in [0.29, 0.717) is 24.7 Å². The third-order valence-corrected chi connectivity index (χ3v) is 2.60. The lowest BCUT2D eigenvalue weighted by Crippen LogP contribution is -2.39. The number of urea groups is 1. The molecule has 0 saturated carbocycles. The molecule has 0 spiro atoms. The molecule has 0 fully saturated rings. The number of benzene rings is 1. The van der Waals surface area contributed by atoms with Gasteiger partial charge in [0, 0.05) is 24.7 Å². The van der Waals surface area contributed by atoms with E-state index in [1.54, 1.807) is 29.2 Å². The second-order valence-electron chi connectivity index (χ2n) is 3.77. The van der Waals surface area contributed by atoms with Crippen LogP contribution in [0, 0.1) is 0 Å². The van der Waals surface area contributed by atoms with Crippen molar-refractivity contribution in [3.8, 4) is 0 Å². The predicted octanol–water partition coefficient (Wildman–Crippen LogP) is 3.22. The first-order chi connectivity index (χ1) is 8.67. The molecule has 0 aliphatic rings. The number of hydrogen-bond acceptors (Lipinski definition) is 1. The smallest absolute Gasteiger partial charge is 0.318 e. The summed E-state index contributed by atoms with van der Waals surface area (Å²) >= 11 is 5.79. The number of carbonyl (C=O) groups is 1. The Labute approximate surface area is 113 Å². The first kappa shape index (κ1) is 14.3. The molecule has 2 amide bonds. The van der Waals surface area contributed by atoms with E-state index < -0.39 is 0 Å². The van der Waals surface area contributed by atoms with Crippen molar-refractivity contribution in [2.75, 3.05) is 13.1 Å². The summed E-state index contributed by atoms with van der Waals surface area (Å²) in [7, 11) is 0. The molecule has 1 rings (SSSR count). The van der Waals surface area contributed by atoms with Gasteiger partial charge >= 0.3 is 6.03 Å². The molecule has 0 aliphatic carbocycles. The minimum absolute atomic E-state index is 0.134. The monoisotopic (exact) mass is 264 g/mol. The summed E-state index contributed by atoms with van der Waals surface area (Å²) in [6, 6.07) is 7.23. The normalized spacial score (nSPS) is 9.61. The molecule has 0 aliphatic heterocycles. The van der Waals surface area contributed by atoms with Gasteiger partial charge in [-0.2, -0.15) is 0 Å². The van der Waals surface area contributed by atoms with Crippen LogP contribution in [0.3, 0.4) is 0 Å². The van der Waals surface area contributed by atoms with E-state index in [9.17, 15) is 4.79 Å². The number of amides is 2. The first-order valence-corrected chi connectivity index (χ1v) is 6.04. The van der Waals surface area contributed by atoms with Crippen molar-refractivity contribution in [1.82, 2.24) is 10.2 Å². The van der Waals surface area contributed by atoms with Gasteiger partial charge in [0.1, 0.15) is 0 Å². The highest BCUT2D eigenvalue weighted by Crippen LogP contribution is 2.09. The van der Waals surface area contributed by atoms with Gasteiger partial charge in [0.25, 0.3) is 0 Å². The largest absolute Gasteiger partial charge is 0.334 e. The number of rotatable bonds is 6. The Hall–Kier alpha value is -1.74. The van der Waals surface area contributed by atoms with Crippen LogP contribution in [-0.4, -0.2) is 24.0 Å². The average Bonchev–Trinajstić information content (AvgIpc) is 2.37. The van der Waals surface area contributed by atoms with E-state index >= 15 is 0 Å². The maximum absolute atomic E-state index is 11.9. The first-order valence-electron chi connectivity index (χ1n) is 5.66. The van der Waals surface area contributed by atoms with Gasteiger partial charge in [-0.05, 0) is 17.7 Å². The molecule has 1 aromatic rings. The van der Waals surface area contributed by atoms with Gasteiger partial charge < -0.3 is 10.2 Å². The van der Waals surface area contributed by atoms with Gasteiger partial charge in [0.2, 0.25) is 0 Å². The summed E-state index contributed by atoms with van der Waals surface area (Å²) in [6.07, 6.45) is 3.37. The van der Waals surface area contributed by atoms with Crippen LogP contribution in [0.4, 0.5) is 4.79 Å². The summed E-state index contributed by atoms with van der Waals surface area (Å²) in [5, 5.41) is 3.52. The number of nitrogens with one attached hydrogen (secondary N) is 1. The van der Waals surface area contributed by atoms with Crippen molar-refractivity contribution in [1.29, 1.82) is 0 Å². The summed E-state index contributed by atoms with van der Waals surface area (Å²) in [4.78, 5) is 13.5. The standard InChI is InChI=1S/C14H17ClN2O/c1-3-9-17(10-4-2)14(18)16-11-12-5-7-13(15)8-6-12/h3-8H,1-2,9-11H2,(H,16,18). The quantitative estimate of drug-likeness (QED) is 0.786. The van der Waals surface area contributed by atoms with Crippen LogP contribution in [0.25, 0.3) is 0 Å². The van der Waals surface area contributed by atoms with E-state index in [2.05, 4.69) is 18.5 Å².